The molecule has 1 aliphatic rings. The van der Waals surface area contributed by atoms with Crippen molar-refractivity contribution >= 4 is 46.3 Å². The molecule has 2 rings (SSSR count). The van der Waals surface area contributed by atoms with E-state index in [2.05, 4.69) is 38.1 Å². The SMILES string of the molecule is CC(C)c1ccc(/C=C2\SC(=S)N(CCCCCCCCCC(=O)O)C2=O)cc1. The van der Waals surface area contributed by atoms with Crippen molar-refractivity contribution in [2.24, 2.45) is 0 Å². The first-order valence-corrected chi connectivity index (χ1v) is 11.7. The summed E-state index contributed by atoms with van der Waals surface area (Å²) in [6.07, 6.45) is 9.24. The van der Waals surface area contributed by atoms with E-state index < -0.39 is 5.97 Å². The quantitative estimate of drug-likeness (QED) is 0.241. The van der Waals surface area contributed by atoms with E-state index in [9.17, 15) is 9.59 Å². The molecule has 0 spiro atoms. The number of thioether (sulfide) groups is 1. The minimum Gasteiger partial charge on any atom is -0.481 e. The Balaban J connectivity index is 1.72. The van der Waals surface area contributed by atoms with E-state index in [0.717, 1.165) is 50.5 Å². The second-order valence-corrected chi connectivity index (χ2v) is 9.45. The highest BCUT2D eigenvalue weighted by Crippen LogP contribution is 2.33. The number of hydrogen-bond donors (Lipinski definition) is 1. The van der Waals surface area contributed by atoms with Gasteiger partial charge in [0.2, 0.25) is 0 Å². The molecule has 1 aromatic rings. The van der Waals surface area contributed by atoms with Gasteiger partial charge in [0.1, 0.15) is 4.32 Å². The van der Waals surface area contributed by atoms with Crippen LogP contribution in [0.15, 0.2) is 29.2 Å². The smallest absolute Gasteiger partial charge is 0.303 e. The molecule has 0 atom stereocenters. The average Bonchev–Trinajstić information content (AvgIpc) is 2.94. The van der Waals surface area contributed by atoms with Gasteiger partial charge >= 0.3 is 5.97 Å². The lowest BCUT2D eigenvalue weighted by atomic mass is 10.0. The fourth-order valence-electron chi connectivity index (χ4n) is 3.25. The number of benzene rings is 1. The van der Waals surface area contributed by atoms with Crippen molar-refractivity contribution in [3.8, 4) is 0 Å². The van der Waals surface area contributed by atoms with Crippen molar-refractivity contribution < 1.29 is 14.7 Å². The summed E-state index contributed by atoms with van der Waals surface area (Å²) in [6, 6.07) is 8.33. The Kier molecular flexibility index (Phi) is 9.88. The van der Waals surface area contributed by atoms with Crippen LogP contribution in [0, 0.1) is 0 Å². The van der Waals surface area contributed by atoms with Crippen molar-refractivity contribution in [3.63, 3.8) is 0 Å². The number of aliphatic carboxylic acids is 1. The summed E-state index contributed by atoms with van der Waals surface area (Å²) in [5.41, 5.74) is 2.31. The van der Waals surface area contributed by atoms with Gasteiger partial charge in [-0.2, -0.15) is 0 Å². The Morgan fingerprint density at radius 2 is 1.66 bits per heavy atom. The number of amides is 1. The average molecular weight is 434 g/mol. The maximum Gasteiger partial charge on any atom is 0.303 e. The molecule has 29 heavy (non-hydrogen) atoms. The van der Waals surface area contributed by atoms with Crippen LogP contribution >= 0.6 is 24.0 Å². The summed E-state index contributed by atoms with van der Waals surface area (Å²) in [4.78, 5) is 25.6. The van der Waals surface area contributed by atoms with Crippen molar-refractivity contribution in [2.45, 2.75) is 71.1 Å². The Bertz CT molecular complexity index is 741. The zero-order chi connectivity index (χ0) is 21.2. The van der Waals surface area contributed by atoms with E-state index in [1.807, 2.05) is 6.08 Å². The van der Waals surface area contributed by atoms with Crippen LogP contribution in [0.4, 0.5) is 0 Å². The molecule has 4 nitrogen and oxygen atoms in total. The Hall–Kier alpha value is -1.66. The van der Waals surface area contributed by atoms with Gasteiger partial charge in [0, 0.05) is 13.0 Å². The number of carbonyl (C=O) groups excluding carboxylic acids is 1. The third-order valence-corrected chi connectivity index (χ3v) is 6.42. The lowest BCUT2D eigenvalue weighted by Gasteiger charge is -2.14. The molecule has 1 N–H and O–H groups in total. The molecule has 6 heteroatoms. The van der Waals surface area contributed by atoms with Gasteiger partial charge in [-0.05, 0) is 36.0 Å². The van der Waals surface area contributed by atoms with Gasteiger partial charge in [-0.25, -0.2) is 0 Å². The van der Waals surface area contributed by atoms with Crippen molar-refractivity contribution in [3.05, 3.63) is 40.3 Å². The van der Waals surface area contributed by atoms with E-state index in [1.165, 1.54) is 17.3 Å². The zero-order valence-electron chi connectivity index (χ0n) is 17.4. The number of thiocarbonyl (C=S) groups is 1. The third-order valence-electron chi connectivity index (χ3n) is 5.05. The number of nitrogens with zero attached hydrogens (tertiary/aromatic N) is 1. The lowest BCUT2D eigenvalue weighted by Crippen LogP contribution is -2.29. The van der Waals surface area contributed by atoms with Crippen LogP contribution in [0.3, 0.4) is 0 Å². The van der Waals surface area contributed by atoms with E-state index in [0.29, 0.717) is 21.7 Å². The van der Waals surface area contributed by atoms with Crippen molar-refractivity contribution in [2.75, 3.05) is 6.54 Å². The Labute approximate surface area is 183 Å². The first-order valence-electron chi connectivity index (χ1n) is 10.5. The fourth-order valence-corrected chi connectivity index (χ4v) is 4.56. The summed E-state index contributed by atoms with van der Waals surface area (Å²) in [5, 5.41) is 8.62. The highest BCUT2D eigenvalue weighted by Gasteiger charge is 2.31. The molecule has 1 amide bonds. The summed E-state index contributed by atoms with van der Waals surface area (Å²) in [7, 11) is 0. The molecule has 1 fully saturated rings. The van der Waals surface area contributed by atoms with Crippen LogP contribution in [-0.2, 0) is 9.59 Å². The molecule has 0 aromatic heterocycles. The Morgan fingerprint density at radius 1 is 1.07 bits per heavy atom. The first kappa shape index (κ1) is 23.6. The molecule has 0 unspecified atom stereocenters. The number of carboxylic acids is 1. The van der Waals surface area contributed by atoms with Gasteiger partial charge in [-0.15, -0.1) is 0 Å². The molecule has 1 aliphatic heterocycles. The molecule has 158 valence electrons. The predicted molar refractivity (Wildman–Crippen MR) is 125 cm³/mol. The standard InChI is InChI=1S/C23H31NO3S2/c1-17(2)19-13-11-18(12-14-19)16-20-22(27)24(23(28)29-20)15-9-7-5-3-4-6-8-10-21(25)26/h11-14,16-17H,3-10,15H2,1-2H3,(H,25,26)/b20-16-. The zero-order valence-corrected chi connectivity index (χ0v) is 19.0. The van der Waals surface area contributed by atoms with Crippen molar-refractivity contribution in [1.29, 1.82) is 0 Å². The first-order chi connectivity index (χ1) is 13.9. The van der Waals surface area contributed by atoms with Crippen LogP contribution in [0.1, 0.15) is 82.3 Å². The van der Waals surface area contributed by atoms with Gasteiger partial charge < -0.3 is 5.11 Å². The van der Waals surface area contributed by atoms with Gasteiger partial charge in [-0.1, -0.05) is 94.2 Å². The number of hydrogen-bond acceptors (Lipinski definition) is 4. The highest BCUT2D eigenvalue weighted by molar-refractivity contribution is 8.26. The number of unbranched alkanes of at least 4 members (excludes halogenated alkanes) is 6. The molecule has 0 saturated carbocycles. The molecule has 0 radical (unpaired) electrons. The van der Waals surface area contributed by atoms with Crippen molar-refractivity contribution in [1.82, 2.24) is 4.90 Å². The van der Waals surface area contributed by atoms with Gasteiger partial charge in [-0.3, -0.25) is 14.5 Å². The molecule has 0 aliphatic carbocycles. The second-order valence-electron chi connectivity index (χ2n) is 7.77. The summed E-state index contributed by atoms with van der Waals surface area (Å²) < 4.78 is 0.647. The van der Waals surface area contributed by atoms with E-state index in [4.69, 9.17) is 17.3 Å². The van der Waals surface area contributed by atoms with Crippen LogP contribution in [0.2, 0.25) is 0 Å². The van der Waals surface area contributed by atoms with Gasteiger partial charge in [0.25, 0.3) is 5.91 Å². The molecular formula is C23H31NO3S2. The maximum atomic E-state index is 12.7. The minimum absolute atomic E-state index is 0.0154. The molecule has 1 aromatic carbocycles. The number of rotatable bonds is 12. The summed E-state index contributed by atoms with van der Waals surface area (Å²) >= 11 is 6.80. The van der Waals surface area contributed by atoms with Crippen LogP contribution in [0.5, 0.6) is 0 Å². The molecule has 1 saturated heterocycles. The van der Waals surface area contributed by atoms with E-state index in [-0.39, 0.29) is 12.3 Å². The van der Waals surface area contributed by atoms with E-state index in [1.54, 1.807) is 4.90 Å². The molecule has 0 bridgehead atoms. The lowest BCUT2D eigenvalue weighted by molar-refractivity contribution is -0.137. The normalized spacial score (nSPS) is 15.7. The number of carboxylic acid groups (broad SMARTS) is 1. The topological polar surface area (TPSA) is 57.6 Å². The van der Waals surface area contributed by atoms with Gasteiger partial charge in [0.15, 0.2) is 0 Å². The van der Waals surface area contributed by atoms with Crippen LogP contribution < -0.4 is 0 Å². The monoisotopic (exact) mass is 433 g/mol. The fraction of sp³-hybridized carbons (Fsp3) is 0.522. The minimum atomic E-state index is -0.713. The summed E-state index contributed by atoms with van der Waals surface area (Å²) in [5.74, 6) is -0.205. The predicted octanol–water partition coefficient (Wildman–Crippen LogP) is 6.22. The molecular weight excluding hydrogens is 402 g/mol. The third kappa shape index (κ3) is 7.94. The van der Waals surface area contributed by atoms with Crippen LogP contribution in [-0.4, -0.2) is 32.7 Å². The molecule has 1 heterocycles. The highest BCUT2D eigenvalue weighted by atomic mass is 32.2. The maximum absolute atomic E-state index is 12.7. The number of carbonyl (C=O) groups is 2. The Morgan fingerprint density at radius 3 is 2.24 bits per heavy atom. The largest absolute Gasteiger partial charge is 0.481 e. The second kappa shape index (κ2) is 12.1. The summed E-state index contributed by atoms with van der Waals surface area (Å²) in [6.45, 7) is 5.01. The van der Waals surface area contributed by atoms with Gasteiger partial charge in [0.05, 0.1) is 4.91 Å². The van der Waals surface area contributed by atoms with Crippen LogP contribution in [0.25, 0.3) is 6.08 Å². The van der Waals surface area contributed by atoms with E-state index >= 15 is 0 Å².